The van der Waals surface area contributed by atoms with Crippen molar-refractivity contribution in [2.45, 2.75) is 6.18 Å². The van der Waals surface area contributed by atoms with Crippen LogP contribution >= 0.6 is 59.1 Å². The maximum absolute atomic E-state index is 13.0. The van der Waals surface area contributed by atoms with Crippen molar-refractivity contribution in [1.82, 2.24) is 0 Å². The number of rotatable bonds is 2. The molecule has 2 aromatic rings. The van der Waals surface area contributed by atoms with E-state index in [2.05, 4.69) is 53.1 Å². The Morgan fingerprint density at radius 2 is 1.81 bits per heavy atom. The van der Waals surface area contributed by atoms with E-state index in [0.717, 1.165) is 17.4 Å². The highest BCUT2D eigenvalue weighted by atomic mass is 79.9. The van der Waals surface area contributed by atoms with Crippen LogP contribution in [0.15, 0.2) is 37.0 Å². The molecule has 0 aliphatic heterocycles. The van der Waals surface area contributed by atoms with Gasteiger partial charge in [0, 0.05) is 8.95 Å². The Bertz CT molecular complexity index is 680. The standard InChI is InChI=1S/C12H5Br3F3NOS/c13-5-1-2-8(6(3-5)12(16,17)18)19-11(20)9-4-7(14)10(15)21-9/h1-4H,(H,19,20). The van der Waals surface area contributed by atoms with E-state index in [1.165, 1.54) is 18.2 Å². The number of hydrogen-bond donors (Lipinski definition) is 1. The monoisotopic (exact) mass is 505 g/mol. The fraction of sp³-hybridized carbons (Fsp3) is 0.0833. The van der Waals surface area contributed by atoms with Gasteiger partial charge in [0.2, 0.25) is 0 Å². The van der Waals surface area contributed by atoms with Crippen molar-refractivity contribution in [2.75, 3.05) is 5.32 Å². The van der Waals surface area contributed by atoms with Gasteiger partial charge in [-0.15, -0.1) is 11.3 Å². The summed E-state index contributed by atoms with van der Waals surface area (Å²) >= 11 is 10.6. The summed E-state index contributed by atoms with van der Waals surface area (Å²) in [5.41, 5.74) is -1.18. The van der Waals surface area contributed by atoms with Gasteiger partial charge in [-0.2, -0.15) is 13.2 Å². The molecular formula is C12H5Br3F3NOS. The van der Waals surface area contributed by atoms with Gasteiger partial charge < -0.3 is 5.32 Å². The van der Waals surface area contributed by atoms with Crippen LogP contribution < -0.4 is 5.32 Å². The van der Waals surface area contributed by atoms with E-state index < -0.39 is 17.6 Å². The van der Waals surface area contributed by atoms with Crippen molar-refractivity contribution in [3.05, 3.63) is 47.4 Å². The molecule has 1 heterocycles. The number of thiophene rings is 1. The minimum absolute atomic E-state index is 0.281. The van der Waals surface area contributed by atoms with Crippen molar-refractivity contribution in [2.24, 2.45) is 0 Å². The smallest absolute Gasteiger partial charge is 0.321 e. The van der Waals surface area contributed by atoms with Crippen LogP contribution in [0.5, 0.6) is 0 Å². The van der Waals surface area contributed by atoms with Gasteiger partial charge in [0.15, 0.2) is 0 Å². The molecule has 0 radical (unpaired) electrons. The van der Waals surface area contributed by atoms with Crippen molar-refractivity contribution in [3.63, 3.8) is 0 Å². The second kappa shape index (κ2) is 6.39. The second-order valence-electron chi connectivity index (χ2n) is 3.87. The van der Waals surface area contributed by atoms with Crippen molar-refractivity contribution < 1.29 is 18.0 Å². The summed E-state index contributed by atoms with van der Waals surface area (Å²) in [7, 11) is 0. The summed E-state index contributed by atoms with van der Waals surface area (Å²) in [6.45, 7) is 0. The van der Waals surface area contributed by atoms with Crippen LogP contribution in [-0.2, 0) is 6.18 Å². The predicted octanol–water partition coefficient (Wildman–Crippen LogP) is 6.31. The molecule has 0 atom stereocenters. The number of alkyl halides is 3. The number of benzene rings is 1. The first-order valence-electron chi connectivity index (χ1n) is 5.31. The molecule has 0 bridgehead atoms. The summed E-state index contributed by atoms with van der Waals surface area (Å²) in [5, 5.41) is 2.29. The van der Waals surface area contributed by atoms with E-state index in [1.54, 1.807) is 0 Å². The van der Waals surface area contributed by atoms with Crippen LogP contribution in [0, 0.1) is 0 Å². The Morgan fingerprint density at radius 1 is 1.14 bits per heavy atom. The molecule has 2 nitrogen and oxygen atoms in total. The van der Waals surface area contributed by atoms with Crippen LogP contribution in [-0.4, -0.2) is 5.91 Å². The molecule has 0 unspecified atom stereocenters. The topological polar surface area (TPSA) is 29.1 Å². The predicted molar refractivity (Wildman–Crippen MR) is 86.8 cm³/mol. The quantitative estimate of drug-likeness (QED) is 0.507. The second-order valence-corrected chi connectivity index (χ2v) is 8.01. The van der Waals surface area contributed by atoms with E-state index in [-0.39, 0.29) is 10.2 Å². The molecule has 9 heteroatoms. The van der Waals surface area contributed by atoms with Gasteiger partial charge >= 0.3 is 6.18 Å². The van der Waals surface area contributed by atoms with Gasteiger partial charge in [0.05, 0.1) is 19.9 Å². The molecule has 0 saturated carbocycles. The third-order valence-electron chi connectivity index (χ3n) is 2.40. The summed E-state index contributed by atoms with van der Waals surface area (Å²) in [6.07, 6.45) is -4.55. The number of carbonyl (C=O) groups is 1. The Balaban J connectivity index is 2.33. The molecule has 0 aliphatic carbocycles. The molecule has 0 saturated heterocycles. The number of hydrogen-bond acceptors (Lipinski definition) is 2. The van der Waals surface area contributed by atoms with Gasteiger partial charge in [-0.1, -0.05) is 15.9 Å². The first-order chi connectivity index (χ1) is 9.68. The molecular weight excluding hydrogens is 503 g/mol. The SMILES string of the molecule is O=C(Nc1ccc(Br)cc1C(F)(F)F)c1cc(Br)c(Br)s1. The fourth-order valence-corrected chi connectivity index (χ4v) is 3.79. The van der Waals surface area contributed by atoms with Gasteiger partial charge in [-0.3, -0.25) is 4.79 Å². The zero-order valence-electron chi connectivity index (χ0n) is 9.89. The lowest BCUT2D eigenvalue weighted by Crippen LogP contribution is -2.15. The molecule has 1 N–H and O–H groups in total. The van der Waals surface area contributed by atoms with Crippen molar-refractivity contribution in [3.8, 4) is 0 Å². The molecule has 0 spiro atoms. The summed E-state index contributed by atoms with van der Waals surface area (Å²) in [4.78, 5) is 12.3. The molecule has 1 amide bonds. The molecule has 2 rings (SSSR count). The van der Waals surface area contributed by atoms with Crippen LogP contribution in [0.3, 0.4) is 0 Å². The van der Waals surface area contributed by atoms with Gasteiger partial charge in [-0.05, 0) is 56.1 Å². The van der Waals surface area contributed by atoms with E-state index in [4.69, 9.17) is 0 Å². The Morgan fingerprint density at radius 3 is 2.33 bits per heavy atom. The lowest BCUT2D eigenvalue weighted by Gasteiger charge is -2.13. The molecule has 112 valence electrons. The largest absolute Gasteiger partial charge is 0.418 e. The number of anilines is 1. The number of carbonyl (C=O) groups excluding carboxylic acids is 1. The molecule has 21 heavy (non-hydrogen) atoms. The highest BCUT2D eigenvalue weighted by molar-refractivity contribution is 9.13. The lowest BCUT2D eigenvalue weighted by atomic mass is 10.1. The Hall–Kier alpha value is -0.380. The van der Waals surface area contributed by atoms with Gasteiger partial charge in [0.25, 0.3) is 5.91 Å². The Kier molecular flexibility index (Phi) is 5.17. The van der Waals surface area contributed by atoms with E-state index >= 15 is 0 Å². The fourth-order valence-electron chi connectivity index (χ4n) is 1.50. The van der Waals surface area contributed by atoms with E-state index in [9.17, 15) is 18.0 Å². The number of nitrogens with one attached hydrogen (secondary N) is 1. The minimum atomic E-state index is -4.55. The molecule has 0 aliphatic rings. The molecule has 1 aromatic heterocycles. The van der Waals surface area contributed by atoms with Crippen molar-refractivity contribution >= 4 is 70.7 Å². The summed E-state index contributed by atoms with van der Waals surface area (Å²) < 4.78 is 40.5. The zero-order chi connectivity index (χ0) is 15.8. The van der Waals surface area contributed by atoms with Crippen LogP contribution in [0.25, 0.3) is 0 Å². The first kappa shape index (κ1) is 17.0. The van der Waals surface area contributed by atoms with Crippen LogP contribution in [0.4, 0.5) is 18.9 Å². The summed E-state index contributed by atoms with van der Waals surface area (Å²) in [6, 6.07) is 5.11. The van der Waals surface area contributed by atoms with Crippen molar-refractivity contribution in [1.29, 1.82) is 0 Å². The minimum Gasteiger partial charge on any atom is -0.321 e. The Labute approximate surface area is 147 Å². The molecule has 0 fully saturated rings. The van der Waals surface area contributed by atoms with Gasteiger partial charge in [-0.25, -0.2) is 0 Å². The molecule has 1 aromatic carbocycles. The highest BCUT2D eigenvalue weighted by Gasteiger charge is 2.34. The first-order valence-corrected chi connectivity index (χ1v) is 8.51. The van der Waals surface area contributed by atoms with Gasteiger partial charge in [0.1, 0.15) is 0 Å². The number of amides is 1. The van der Waals surface area contributed by atoms with Crippen LogP contribution in [0.1, 0.15) is 15.2 Å². The average molecular weight is 508 g/mol. The lowest BCUT2D eigenvalue weighted by molar-refractivity contribution is -0.136. The normalized spacial score (nSPS) is 11.5. The average Bonchev–Trinajstić information content (AvgIpc) is 2.71. The third kappa shape index (κ3) is 4.08. The third-order valence-corrected chi connectivity index (χ3v) is 6.15. The van der Waals surface area contributed by atoms with Crippen LogP contribution in [0.2, 0.25) is 0 Å². The maximum Gasteiger partial charge on any atom is 0.418 e. The zero-order valence-corrected chi connectivity index (χ0v) is 15.5. The van der Waals surface area contributed by atoms with E-state index in [1.807, 2.05) is 0 Å². The highest BCUT2D eigenvalue weighted by Crippen LogP contribution is 2.37. The number of halogens is 6. The maximum atomic E-state index is 13.0. The summed E-state index contributed by atoms with van der Waals surface area (Å²) in [5.74, 6) is -0.598. The van der Waals surface area contributed by atoms with E-state index in [0.29, 0.717) is 13.1 Å².